The van der Waals surface area contributed by atoms with E-state index in [2.05, 4.69) is 10.4 Å². The number of hydrogen-bond donors (Lipinski definition) is 1. The van der Waals surface area contributed by atoms with E-state index in [0.29, 0.717) is 22.9 Å². The summed E-state index contributed by atoms with van der Waals surface area (Å²) in [7, 11) is 4.59. The Morgan fingerprint density at radius 1 is 1.04 bits per heavy atom. The van der Waals surface area contributed by atoms with Gasteiger partial charge < -0.3 is 19.5 Å². The van der Waals surface area contributed by atoms with Crippen LogP contribution in [0.3, 0.4) is 0 Å². The van der Waals surface area contributed by atoms with Gasteiger partial charge in [-0.2, -0.15) is 5.10 Å². The van der Waals surface area contributed by atoms with Gasteiger partial charge in [-0.25, -0.2) is 4.68 Å². The lowest BCUT2D eigenvalue weighted by Gasteiger charge is -2.14. The minimum absolute atomic E-state index is 0.170. The van der Waals surface area contributed by atoms with Gasteiger partial charge in [-0.05, 0) is 17.7 Å². The number of carbonyl (C=O) groups excluding carboxylic acids is 1. The molecule has 0 radical (unpaired) electrons. The van der Waals surface area contributed by atoms with E-state index in [4.69, 9.17) is 14.2 Å². The number of aromatic nitrogens is 2. The molecule has 0 spiro atoms. The van der Waals surface area contributed by atoms with Crippen LogP contribution in [0.5, 0.6) is 17.2 Å². The van der Waals surface area contributed by atoms with Gasteiger partial charge in [0.1, 0.15) is 0 Å². The van der Waals surface area contributed by atoms with Crippen molar-refractivity contribution in [1.29, 1.82) is 0 Å². The van der Waals surface area contributed by atoms with E-state index in [1.807, 2.05) is 36.5 Å². The second-order valence-corrected chi connectivity index (χ2v) is 5.77. The van der Waals surface area contributed by atoms with Crippen molar-refractivity contribution < 1.29 is 19.0 Å². The van der Waals surface area contributed by atoms with E-state index in [-0.39, 0.29) is 12.3 Å². The average Bonchev–Trinajstić information content (AvgIpc) is 3.16. The lowest BCUT2D eigenvalue weighted by molar-refractivity contribution is -0.115. The molecule has 1 aromatic heterocycles. The predicted octanol–water partition coefficient (Wildman–Crippen LogP) is 3.08. The Morgan fingerprint density at radius 2 is 1.70 bits per heavy atom. The summed E-state index contributed by atoms with van der Waals surface area (Å²) in [4.78, 5) is 12.4. The summed E-state index contributed by atoms with van der Waals surface area (Å²) in [6.45, 7) is 0. The average molecular weight is 367 g/mol. The number of rotatable bonds is 7. The number of benzene rings is 2. The van der Waals surface area contributed by atoms with Crippen molar-refractivity contribution >= 4 is 11.6 Å². The van der Waals surface area contributed by atoms with Crippen LogP contribution in [0.15, 0.2) is 54.9 Å². The monoisotopic (exact) mass is 367 g/mol. The molecule has 7 heteroatoms. The van der Waals surface area contributed by atoms with E-state index in [9.17, 15) is 4.79 Å². The molecule has 1 amide bonds. The fourth-order valence-corrected chi connectivity index (χ4v) is 2.72. The summed E-state index contributed by atoms with van der Waals surface area (Å²) >= 11 is 0. The smallest absolute Gasteiger partial charge is 0.228 e. The molecule has 0 aliphatic carbocycles. The number of nitrogens with one attached hydrogen (secondary N) is 1. The molecule has 0 aliphatic heterocycles. The third kappa shape index (κ3) is 4.20. The quantitative estimate of drug-likeness (QED) is 0.695. The molecular weight excluding hydrogens is 346 g/mol. The van der Waals surface area contributed by atoms with Crippen LogP contribution in [0.1, 0.15) is 5.56 Å². The summed E-state index contributed by atoms with van der Waals surface area (Å²) in [5.74, 6) is 1.26. The maximum atomic E-state index is 12.4. The van der Waals surface area contributed by atoms with Crippen LogP contribution in [0.2, 0.25) is 0 Å². The molecule has 0 fully saturated rings. The zero-order valence-corrected chi connectivity index (χ0v) is 15.4. The van der Waals surface area contributed by atoms with Gasteiger partial charge in [-0.1, -0.05) is 18.2 Å². The van der Waals surface area contributed by atoms with Crippen LogP contribution < -0.4 is 19.5 Å². The molecular formula is C20H21N3O4. The van der Waals surface area contributed by atoms with Crippen molar-refractivity contribution in [2.75, 3.05) is 26.6 Å². The number of methoxy groups -OCH3 is 3. The van der Waals surface area contributed by atoms with Crippen molar-refractivity contribution in [2.45, 2.75) is 6.42 Å². The van der Waals surface area contributed by atoms with Crippen LogP contribution in [0.4, 0.5) is 5.69 Å². The number of anilines is 1. The van der Waals surface area contributed by atoms with Gasteiger partial charge in [-0.15, -0.1) is 0 Å². The topological polar surface area (TPSA) is 74.6 Å². The Morgan fingerprint density at radius 3 is 2.30 bits per heavy atom. The Bertz CT molecular complexity index is 897. The lowest BCUT2D eigenvalue weighted by Crippen LogP contribution is -2.14. The van der Waals surface area contributed by atoms with Gasteiger partial charge in [0.2, 0.25) is 11.7 Å². The lowest BCUT2D eigenvalue weighted by atomic mass is 10.2. The van der Waals surface area contributed by atoms with Gasteiger partial charge in [0.05, 0.1) is 39.6 Å². The van der Waals surface area contributed by atoms with Crippen LogP contribution in [0.25, 0.3) is 5.69 Å². The molecule has 0 atom stereocenters. The first kappa shape index (κ1) is 18.3. The molecule has 0 saturated heterocycles. The molecule has 0 saturated carbocycles. The third-order valence-corrected chi connectivity index (χ3v) is 3.97. The number of para-hydroxylation sites is 1. The maximum Gasteiger partial charge on any atom is 0.228 e. The normalized spacial score (nSPS) is 10.3. The number of carbonyl (C=O) groups is 1. The summed E-state index contributed by atoms with van der Waals surface area (Å²) in [6, 6.07) is 13.1. The van der Waals surface area contributed by atoms with E-state index < -0.39 is 0 Å². The van der Waals surface area contributed by atoms with E-state index in [0.717, 1.165) is 11.3 Å². The zero-order chi connectivity index (χ0) is 19.2. The molecule has 1 heterocycles. The fourth-order valence-electron chi connectivity index (χ4n) is 2.72. The van der Waals surface area contributed by atoms with Crippen molar-refractivity contribution in [3.05, 3.63) is 60.4 Å². The predicted molar refractivity (Wildman–Crippen MR) is 102 cm³/mol. The SMILES string of the molecule is COc1cc(NC(=O)Cc2cnn(-c3ccccc3)c2)cc(OC)c1OC. The fraction of sp³-hybridized carbons (Fsp3) is 0.200. The molecule has 0 bridgehead atoms. The summed E-state index contributed by atoms with van der Waals surface area (Å²) in [5, 5.41) is 7.15. The highest BCUT2D eigenvalue weighted by Crippen LogP contribution is 2.39. The number of ether oxygens (including phenoxy) is 3. The summed E-state index contributed by atoms with van der Waals surface area (Å²) in [6.07, 6.45) is 3.72. The first-order valence-corrected chi connectivity index (χ1v) is 8.33. The minimum Gasteiger partial charge on any atom is -0.493 e. The first-order chi connectivity index (χ1) is 13.1. The zero-order valence-electron chi connectivity index (χ0n) is 15.4. The molecule has 7 nitrogen and oxygen atoms in total. The van der Waals surface area contributed by atoms with Gasteiger partial charge in [0, 0.05) is 24.0 Å². The summed E-state index contributed by atoms with van der Waals surface area (Å²) in [5.41, 5.74) is 2.31. The first-order valence-electron chi connectivity index (χ1n) is 8.33. The Hall–Kier alpha value is -3.48. The number of amides is 1. The van der Waals surface area contributed by atoms with Gasteiger partial charge in [0.15, 0.2) is 11.5 Å². The van der Waals surface area contributed by atoms with E-state index >= 15 is 0 Å². The van der Waals surface area contributed by atoms with Crippen LogP contribution in [-0.4, -0.2) is 37.0 Å². The standard InChI is InChI=1S/C20H21N3O4/c1-25-17-10-15(11-18(26-2)20(17)27-3)22-19(24)9-14-12-21-23(13-14)16-7-5-4-6-8-16/h4-8,10-13H,9H2,1-3H3,(H,22,24). The highest BCUT2D eigenvalue weighted by molar-refractivity contribution is 5.93. The van der Waals surface area contributed by atoms with Crippen molar-refractivity contribution in [1.82, 2.24) is 9.78 Å². The van der Waals surface area contributed by atoms with Crippen LogP contribution in [-0.2, 0) is 11.2 Å². The van der Waals surface area contributed by atoms with Crippen LogP contribution in [0, 0.1) is 0 Å². The highest BCUT2D eigenvalue weighted by Gasteiger charge is 2.15. The van der Waals surface area contributed by atoms with Gasteiger partial charge in [-0.3, -0.25) is 4.79 Å². The Balaban J connectivity index is 1.72. The highest BCUT2D eigenvalue weighted by atomic mass is 16.5. The molecule has 3 rings (SSSR count). The molecule has 3 aromatic rings. The maximum absolute atomic E-state index is 12.4. The Kier molecular flexibility index (Phi) is 5.61. The molecule has 2 aromatic carbocycles. The molecule has 140 valence electrons. The van der Waals surface area contributed by atoms with Gasteiger partial charge in [0.25, 0.3) is 0 Å². The molecule has 1 N–H and O–H groups in total. The number of nitrogens with zero attached hydrogens (tertiary/aromatic N) is 2. The van der Waals surface area contributed by atoms with Crippen molar-refractivity contribution in [2.24, 2.45) is 0 Å². The Labute approximate surface area is 157 Å². The molecule has 0 aliphatic rings. The van der Waals surface area contributed by atoms with E-state index in [1.165, 1.54) is 21.3 Å². The minimum atomic E-state index is -0.170. The third-order valence-electron chi connectivity index (χ3n) is 3.97. The second kappa shape index (κ2) is 8.27. The second-order valence-electron chi connectivity index (χ2n) is 5.77. The molecule has 27 heavy (non-hydrogen) atoms. The van der Waals surface area contributed by atoms with E-state index in [1.54, 1.807) is 23.0 Å². The largest absolute Gasteiger partial charge is 0.493 e. The number of hydrogen-bond acceptors (Lipinski definition) is 5. The summed E-state index contributed by atoms with van der Waals surface area (Å²) < 4.78 is 17.6. The van der Waals surface area contributed by atoms with Crippen molar-refractivity contribution in [3.63, 3.8) is 0 Å². The van der Waals surface area contributed by atoms with Crippen molar-refractivity contribution in [3.8, 4) is 22.9 Å². The van der Waals surface area contributed by atoms with Crippen LogP contribution >= 0.6 is 0 Å². The molecule has 0 unspecified atom stereocenters. The van der Waals surface area contributed by atoms with Gasteiger partial charge >= 0.3 is 0 Å².